The summed E-state index contributed by atoms with van der Waals surface area (Å²) in [7, 11) is 0. The quantitative estimate of drug-likeness (QED) is 0.879. The second-order valence-corrected chi connectivity index (χ2v) is 6.00. The number of quaternary nitrogens is 1. The van der Waals surface area contributed by atoms with Gasteiger partial charge in [-0.15, -0.1) is 0 Å². The molecule has 0 unspecified atom stereocenters. The van der Waals surface area contributed by atoms with Crippen molar-refractivity contribution in [1.82, 2.24) is 10.2 Å². The molecule has 0 aromatic heterocycles. The second-order valence-electron chi connectivity index (χ2n) is 5.16. The number of hydrogen-bond donors (Lipinski definition) is 2. The summed E-state index contributed by atoms with van der Waals surface area (Å²) in [6.07, 6.45) is 0. The van der Waals surface area contributed by atoms with Crippen molar-refractivity contribution in [2.45, 2.75) is 25.9 Å². The number of halogens is 2. The molecule has 5 nitrogen and oxygen atoms in total. The Morgan fingerprint density at radius 2 is 2.10 bits per heavy atom. The maximum absolute atomic E-state index is 12.2. The number of imide groups is 1. The summed E-state index contributed by atoms with van der Waals surface area (Å²) in [5, 5.41) is 5.67. The molecule has 21 heavy (non-hydrogen) atoms. The Labute approximate surface area is 133 Å². The van der Waals surface area contributed by atoms with Gasteiger partial charge in [-0.3, -0.25) is 9.69 Å². The molecule has 1 heterocycles. The van der Waals surface area contributed by atoms with Crippen molar-refractivity contribution in [3.05, 3.63) is 33.8 Å². The van der Waals surface area contributed by atoms with Gasteiger partial charge in [-0.25, -0.2) is 4.79 Å². The van der Waals surface area contributed by atoms with Crippen LogP contribution < -0.4 is 10.6 Å². The van der Waals surface area contributed by atoms with Crippen LogP contribution in [0.15, 0.2) is 18.2 Å². The van der Waals surface area contributed by atoms with E-state index in [4.69, 9.17) is 23.2 Å². The summed E-state index contributed by atoms with van der Waals surface area (Å²) < 4.78 is 0. The molecule has 1 saturated heterocycles. The molecule has 3 amide bonds. The Kier molecular flexibility index (Phi) is 5.08. The van der Waals surface area contributed by atoms with E-state index < -0.39 is 0 Å². The average Bonchev–Trinajstić information content (AvgIpc) is 2.83. The number of nitrogens with two attached hydrogens (primary N) is 1. The van der Waals surface area contributed by atoms with Crippen molar-refractivity contribution in [2.75, 3.05) is 13.1 Å². The van der Waals surface area contributed by atoms with Gasteiger partial charge in [0.1, 0.15) is 6.04 Å². The maximum Gasteiger partial charge on any atom is 0.324 e. The van der Waals surface area contributed by atoms with Crippen LogP contribution in [0.2, 0.25) is 10.0 Å². The first-order chi connectivity index (χ1) is 9.90. The van der Waals surface area contributed by atoms with Gasteiger partial charge in [-0.05, 0) is 26.0 Å². The number of carbonyl (C=O) groups is 2. The van der Waals surface area contributed by atoms with E-state index in [1.54, 1.807) is 19.1 Å². The molecule has 0 spiro atoms. The van der Waals surface area contributed by atoms with Crippen molar-refractivity contribution in [2.24, 2.45) is 0 Å². The number of carbonyl (C=O) groups excluding carboxylic acids is 2. The van der Waals surface area contributed by atoms with Crippen LogP contribution in [0.3, 0.4) is 0 Å². The van der Waals surface area contributed by atoms with E-state index in [1.165, 1.54) is 4.90 Å². The number of urea groups is 1. The molecule has 1 fully saturated rings. The summed E-state index contributed by atoms with van der Waals surface area (Å²) in [5.41, 5.74) is 0.909. The molecule has 1 aliphatic rings. The Hall–Kier alpha value is -1.30. The zero-order valence-electron chi connectivity index (χ0n) is 11.9. The van der Waals surface area contributed by atoms with E-state index in [2.05, 4.69) is 5.32 Å². The second kappa shape index (κ2) is 6.64. The first-order valence-electron chi connectivity index (χ1n) is 6.79. The number of nitrogens with zero attached hydrogens (tertiary/aromatic N) is 1. The highest BCUT2D eigenvalue weighted by molar-refractivity contribution is 6.35. The van der Waals surface area contributed by atoms with Crippen LogP contribution in [0, 0.1) is 0 Å². The lowest BCUT2D eigenvalue weighted by Crippen LogP contribution is -2.92. The van der Waals surface area contributed by atoms with E-state index in [0.29, 0.717) is 23.1 Å². The molecule has 1 aromatic carbocycles. The Bertz CT molecular complexity index is 565. The smallest absolute Gasteiger partial charge is 0.324 e. The topological polar surface area (TPSA) is 66.0 Å². The minimum Gasteiger partial charge on any atom is -0.336 e. The average molecular weight is 331 g/mol. The zero-order valence-corrected chi connectivity index (χ0v) is 13.4. The van der Waals surface area contributed by atoms with E-state index in [-0.39, 0.29) is 24.0 Å². The normalized spacial score (nSPS) is 17.5. The molecule has 0 saturated carbocycles. The van der Waals surface area contributed by atoms with Gasteiger partial charge in [0, 0.05) is 23.7 Å². The first kappa shape index (κ1) is 16.1. The van der Waals surface area contributed by atoms with Crippen LogP contribution in [0.25, 0.3) is 0 Å². The number of benzene rings is 1. The Morgan fingerprint density at radius 1 is 1.38 bits per heavy atom. The molecule has 0 aliphatic carbocycles. The highest BCUT2D eigenvalue weighted by atomic mass is 35.5. The third kappa shape index (κ3) is 3.67. The minimum atomic E-state index is -0.365. The zero-order chi connectivity index (χ0) is 15.6. The van der Waals surface area contributed by atoms with E-state index in [0.717, 1.165) is 5.56 Å². The molecule has 1 aliphatic heterocycles. The maximum atomic E-state index is 12.2. The van der Waals surface area contributed by atoms with E-state index >= 15 is 0 Å². The van der Waals surface area contributed by atoms with Crippen LogP contribution in [0.4, 0.5) is 4.79 Å². The summed E-state index contributed by atoms with van der Waals surface area (Å²) in [4.78, 5) is 25.0. The van der Waals surface area contributed by atoms with Gasteiger partial charge < -0.3 is 10.6 Å². The molecule has 1 aromatic rings. The number of amides is 3. The lowest BCUT2D eigenvalue weighted by Gasteiger charge is -2.20. The standard InChI is InChI=1S/C14H17Cl2N3O2/c1-8(11-4-3-10(15)7-12(11)16)18-9(2)13(20)19-6-5-17-14(19)21/h3-4,7-9,18H,5-6H2,1-2H3,(H,17,21)/p+1/t8-,9+/m1/s1. The largest absolute Gasteiger partial charge is 0.336 e. The third-order valence-electron chi connectivity index (χ3n) is 3.54. The van der Waals surface area contributed by atoms with Crippen molar-refractivity contribution in [1.29, 1.82) is 0 Å². The molecule has 7 heteroatoms. The molecular weight excluding hydrogens is 313 g/mol. The summed E-state index contributed by atoms with van der Waals surface area (Å²) in [6.45, 7) is 4.68. The molecule has 114 valence electrons. The molecule has 3 N–H and O–H groups in total. The minimum absolute atomic E-state index is 0.0145. The highest BCUT2D eigenvalue weighted by Crippen LogP contribution is 2.24. The van der Waals surface area contributed by atoms with Crippen molar-refractivity contribution in [3.63, 3.8) is 0 Å². The van der Waals surface area contributed by atoms with Gasteiger partial charge in [-0.2, -0.15) is 0 Å². The van der Waals surface area contributed by atoms with Gasteiger partial charge in [-0.1, -0.05) is 29.3 Å². The molecular formula is C14H18Cl2N3O2+. The van der Waals surface area contributed by atoms with Crippen LogP contribution in [-0.4, -0.2) is 36.0 Å². The van der Waals surface area contributed by atoms with Crippen LogP contribution in [0.5, 0.6) is 0 Å². The molecule has 0 bridgehead atoms. The Balaban J connectivity index is 2.03. The number of rotatable bonds is 4. The van der Waals surface area contributed by atoms with Gasteiger partial charge in [0.15, 0.2) is 6.04 Å². The SMILES string of the molecule is C[C@H]([NH2+][C@H](C)c1ccc(Cl)cc1Cl)C(=O)N1CCNC1=O. The fourth-order valence-corrected chi connectivity index (χ4v) is 3.00. The van der Waals surface area contributed by atoms with Crippen molar-refractivity contribution < 1.29 is 14.9 Å². The third-order valence-corrected chi connectivity index (χ3v) is 4.11. The van der Waals surface area contributed by atoms with Crippen molar-refractivity contribution >= 4 is 35.1 Å². The summed E-state index contributed by atoms with van der Waals surface area (Å²) in [5.74, 6) is -0.193. The predicted molar refractivity (Wildman–Crippen MR) is 81.4 cm³/mol. The fourth-order valence-electron chi connectivity index (χ4n) is 2.42. The lowest BCUT2D eigenvalue weighted by molar-refractivity contribution is -0.710. The van der Waals surface area contributed by atoms with Crippen LogP contribution in [0.1, 0.15) is 25.5 Å². The fraction of sp³-hybridized carbons (Fsp3) is 0.429. The summed E-state index contributed by atoms with van der Waals surface area (Å²) >= 11 is 12.1. The van der Waals surface area contributed by atoms with E-state index in [1.807, 2.05) is 18.3 Å². The molecule has 0 radical (unpaired) electrons. The first-order valence-corrected chi connectivity index (χ1v) is 7.55. The van der Waals surface area contributed by atoms with Crippen molar-refractivity contribution in [3.8, 4) is 0 Å². The summed E-state index contributed by atoms with van der Waals surface area (Å²) in [6, 6.07) is 4.61. The van der Waals surface area contributed by atoms with Gasteiger partial charge in [0.2, 0.25) is 0 Å². The van der Waals surface area contributed by atoms with Crippen LogP contribution >= 0.6 is 23.2 Å². The van der Waals surface area contributed by atoms with Crippen LogP contribution in [-0.2, 0) is 4.79 Å². The number of nitrogens with one attached hydrogen (secondary N) is 1. The highest BCUT2D eigenvalue weighted by Gasteiger charge is 2.32. The molecule has 2 atom stereocenters. The predicted octanol–water partition coefficient (Wildman–Crippen LogP) is 1.56. The lowest BCUT2D eigenvalue weighted by atomic mass is 10.1. The number of hydrogen-bond acceptors (Lipinski definition) is 2. The monoisotopic (exact) mass is 330 g/mol. The van der Waals surface area contributed by atoms with E-state index in [9.17, 15) is 9.59 Å². The van der Waals surface area contributed by atoms with Gasteiger partial charge >= 0.3 is 6.03 Å². The van der Waals surface area contributed by atoms with Gasteiger partial charge in [0.05, 0.1) is 5.02 Å². The molecule has 2 rings (SSSR count). The van der Waals surface area contributed by atoms with Gasteiger partial charge in [0.25, 0.3) is 5.91 Å². The Morgan fingerprint density at radius 3 is 2.67 bits per heavy atom.